The molecule has 5 aromatic rings. The molecule has 0 saturated carbocycles. The molecule has 0 bridgehead atoms. The fourth-order valence-corrected chi connectivity index (χ4v) is 7.07. The number of rotatable bonds is 12. The maximum atomic E-state index is 13.7. The Morgan fingerprint density at radius 1 is 0.524 bits per heavy atom. The van der Waals surface area contributed by atoms with Crippen LogP contribution in [0.2, 0.25) is 20.1 Å². The third-order valence-corrected chi connectivity index (χ3v) is 9.24. The summed E-state index contributed by atoms with van der Waals surface area (Å²) in [5.74, 6) is -0.584. The minimum absolute atomic E-state index is 0.292. The summed E-state index contributed by atoms with van der Waals surface area (Å²) in [6, 6.07) is 10.8. The number of amides is 2. The van der Waals surface area contributed by atoms with Crippen molar-refractivity contribution in [2.75, 3.05) is 13.1 Å². The van der Waals surface area contributed by atoms with Gasteiger partial charge < -0.3 is 10.6 Å². The third-order valence-electron chi connectivity index (χ3n) is 8.01. The van der Waals surface area contributed by atoms with E-state index in [-0.39, 0.29) is 11.8 Å². The molecule has 0 unspecified atom stereocenters. The zero-order valence-corrected chi connectivity index (χ0v) is 26.9. The number of unbranched alkanes of at least 4 members (excludes halogenated alkanes) is 6. The Kier molecular flexibility index (Phi) is 9.89. The normalized spacial score (nSPS) is 11.8. The standard InChI is InChI=1S/C34H34Cl4N2O2/c1-3-5-7-9-15-39-33(41)20-17-24(37)30-28-22(35)13-11-19-12-14-23(36)29(26(19)28)31-25(38)18-21(27(20)32(30)31)34(42)40-16-10-8-6-4-2/h11-14,17-18H,3-10,15-16H2,1-2H3,(H,39,41)(H,40,42). The van der Waals surface area contributed by atoms with Crippen LogP contribution in [0.5, 0.6) is 0 Å². The summed E-state index contributed by atoms with van der Waals surface area (Å²) in [7, 11) is 0. The summed E-state index contributed by atoms with van der Waals surface area (Å²) in [4.78, 5) is 27.5. The first-order chi connectivity index (χ1) is 20.3. The van der Waals surface area contributed by atoms with Crippen molar-refractivity contribution in [2.24, 2.45) is 0 Å². The van der Waals surface area contributed by atoms with Crippen LogP contribution < -0.4 is 10.6 Å². The molecule has 2 amide bonds. The maximum absolute atomic E-state index is 13.7. The molecule has 0 fully saturated rings. The van der Waals surface area contributed by atoms with Crippen molar-refractivity contribution in [1.29, 1.82) is 0 Å². The molecular weight excluding hydrogens is 610 g/mol. The Hall–Kier alpha value is -2.50. The topological polar surface area (TPSA) is 58.2 Å². The second-order valence-corrected chi connectivity index (χ2v) is 12.5. The summed E-state index contributed by atoms with van der Waals surface area (Å²) < 4.78 is 0. The van der Waals surface area contributed by atoms with E-state index in [0.717, 1.165) is 62.1 Å². The molecule has 0 aliphatic carbocycles. The summed E-state index contributed by atoms with van der Waals surface area (Å²) >= 11 is 27.8. The van der Waals surface area contributed by atoms with Crippen LogP contribution >= 0.6 is 46.4 Å². The van der Waals surface area contributed by atoms with Crippen molar-refractivity contribution in [1.82, 2.24) is 10.6 Å². The first-order valence-electron chi connectivity index (χ1n) is 14.8. The molecule has 0 atom stereocenters. The maximum Gasteiger partial charge on any atom is 0.251 e. The van der Waals surface area contributed by atoms with Gasteiger partial charge in [-0.15, -0.1) is 0 Å². The molecule has 0 spiro atoms. The van der Waals surface area contributed by atoms with Crippen LogP contribution in [0, 0.1) is 0 Å². The summed E-state index contributed by atoms with van der Waals surface area (Å²) in [6.45, 7) is 5.35. The number of hydrogen-bond acceptors (Lipinski definition) is 2. The molecule has 5 rings (SSSR count). The lowest BCUT2D eigenvalue weighted by Gasteiger charge is -2.22. The van der Waals surface area contributed by atoms with Crippen LogP contribution in [0.25, 0.3) is 43.1 Å². The van der Waals surface area contributed by atoms with Gasteiger partial charge in [-0.3, -0.25) is 9.59 Å². The van der Waals surface area contributed by atoms with Gasteiger partial charge in [-0.05, 0) is 42.5 Å². The minimum atomic E-state index is -0.292. The van der Waals surface area contributed by atoms with Gasteiger partial charge in [0, 0.05) is 82.0 Å². The van der Waals surface area contributed by atoms with Gasteiger partial charge in [0.1, 0.15) is 0 Å². The number of hydrogen-bond donors (Lipinski definition) is 2. The molecule has 220 valence electrons. The predicted octanol–water partition coefficient (Wildman–Crippen LogP) is 11.0. The molecule has 0 radical (unpaired) electrons. The van der Waals surface area contributed by atoms with Crippen LogP contribution in [-0.4, -0.2) is 24.9 Å². The van der Waals surface area contributed by atoms with Gasteiger partial charge in [-0.2, -0.15) is 0 Å². The highest BCUT2D eigenvalue weighted by atomic mass is 35.5. The number of carbonyl (C=O) groups is 2. The molecule has 0 aliphatic heterocycles. The molecular formula is C34H34Cl4N2O2. The van der Waals surface area contributed by atoms with E-state index in [1.165, 1.54) is 0 Å². The Labute approximate surface area is 266 Å². The fraction of sp³-hybridized carbons (Fsp3) is 0.353. The van der Waals surface area contributed by atoms with E-state index in [1.54, 1.807) is 12.1 Å². The minimum Gasteiger partial charge on any atom is -0.352 e. The highest BCUT2D eigenvalue weighted by Gasteiger charge is 2.27. The van der Waals surface area contributed by atoms with Crippen LogP contribution in [0.1, 0.15) is 85.9 Å². The van der Waals surface area contributed by atoms with Crippen LogP contribution in [0.3, 0.4) is 0 Å². The van der Waals surface area contributed by atoms with E-state index in [9.17, 15) is 9.59 Å². The highest BCUT2D eigenvalue weighted by molar-refractivity contribution is 6.54. The number of carbonyl (C=O) groups excluding carboxylic acids is 2. The second-order valence-electron chi connectivity index (χ2n) is 10.9. The third kappa shape index (κ3) is 5.71. The fourth-order valence-electron chi connectivity index (χ4n) is 5.97. The largest absolute Gasteiger partial charge is 0.352 e. The van der Waals surface area contributed by atoms with Crippen molar-refractivity contribution in [3.8, 4) is 0 Å². The van der Waals surface area contributed by atoms with Crippen molar-refractivity contribution >= 4 is 101 Å². The van der Waals surface area contributed by atoms with Crippen molar-refractivity contribution < 1.29 is 9.59 Å². The smallest absolute Gasteiger partial charge is 0.251 e. The lowest BCUT2D eigenvalue weighted by Crippen LogP contribution is -2.27. The molecule has 42 heavy (non-hydrogen) atoms. The highest BCUT2D eigenvalue weighted by Crippen LogP contribution is 2.50. The van der Waals surface area contributed by atoms with Crippen LogP contribution in [-0.2, 0) is 0 Å². The van der Waals surface area contributed by atoms with E-state index in [0.29, 0.717) is 76.6 Å². The number of fused-ring (bicyclic) bond motifs is 2. The van der Waals surface area contributed by atoms with Crippen LogP contribution in [0.4, 0.5) is 0 Å². The average molecular weight is 644 g/mol. The van der Waals surface area contributed by atoms with E-state index >= 15 is 0 Å². The van der Waals surface area contributed by atoms with Crippen molar-refractivity contribution in [2.45, 2.75) is 65.2 Å². The molecule has 4 nitrogen and oxygen atoms in total. The van der Waals surface area contributed by atoms with Gasteiger partial charge >= 0.3 is 0 Å². The zero-order valence-electron chi connectivity index (χ0n) is 23.9. The van der Waals surface area contributed by atoms with Gasteiger partial charge in [-0.25, -0.2) is 0 Å². The molecule has 0 heterocycles. The molecule has 0 saturated heterocycles. The van der Waals surface area contributed by atoms with E-state index in [1.807, 2.05) is 24.3 Å². The second kappa shape index (κ2) is 13.4. The first kappa shape index (κ1) is 30.9. The SMILES string of the molecule is CCCCCCNC(=O)c1cc(Cl)c2c3c(Cl)ccc4ccc(Cl)c(c5c(Cl)cc(C(=O)NCCCCCC)c1c25)c43. The Morgan fingerprint density at radius 3 is 1.38 bits per heavy atom. The van der Waals surface area contributed by atoms with Crippen LogP contribution in [0.15, 0.2) is 36.4 Å². The summed E-state index contributed by atoms with van der Waals surface area (Å²) in [6.07, 6.45) is 8.22. The molecule has 0 aromatic heterocycles. The Morgan fingerprint density at radius 2 is 0.952 bits per heavy atom. The first-order valence-corrected chi connectivity index (χ1v) is 16.3. The quantitative estimate of drug-likeness (QED) is 0.0807. The predicted molar refractivity (Wildman–Crippen MR) is 181 cm³/mol. The molecule has 0 aliphatic rings. The van der Waals surface area contributed by atoms with Gasteiger partial charge in [0.25, 0.3) is 11.8 Å². The zero-order chi connectivity index (χ0) is 30.0. The molecule has 2 N–H and O–H groups in total. The lowest BCUT2D eigenvalue weighted by molar-refractivity contribution is 0.0951. The summed E-state index contributed by atoms with van der Waals surface area (Å²) in [5.41, 5.74) is 0.643. The van der Waals surface area contributed by atoms with E-state index in [2.05, 4.69) is 24.5 Å². The number of halogens is 4. The lowest BCUT2D eigenvalue weighted by atomic mass is 9.86. The van der Waals surface area contributed by atoms with Gasteiger partial charge in [0.05, 0.1) is 0 Å². The molecule has 5 aromatic carbocycles. The number of nitrogens with one attached hydrogen (secondary N) is 2. The van der Waals surface area contributed by atoms with E-state index < -0.39 is 0 Å². The average Bonchev–Trinajstić information content (AvgIpc) is 2.97. The monoisotopic (exact) mass is 642 g/mol. The van der Waals surface area contributed by atoms with E-state index in [4.69, 9.17) is 46.4 Å². The van der Waals surface area contributed by atoms with Gasteiger partial charge in [0.15, 0.2) is 0 Å². The Bertz CT molecular complexity index is 1680. The van der Waals surface area contributed by atoms with Gasteiger partial charge in [0.2, 0.25) is 0 Å². The number of benzene rings is 5. The Balaban J connectivity index is 1.80. The van der Waals surface area contributed by atoms with Crippen molar-refractivity contribution in [3.05, 3.63) is 67.6 Å². The van der Waals surface area contributed by atoms with Crippen molar-refractivity contribution in [3.63, 3.8) is 0 Å². The summed E-state index contributed by atoms with van der Waals surface area (Å²) in [5, 5.41) is 13.4. The molecule has 8 heteroatoms. The van der Waals surface area contributed by atoms with Gasteiger partial charge in [-0.1, -0.05) is 111 Å².